The van der Waals surface area contributed by atoms with Gasteiger partial charge in [0.25, 0.3) is 0 Å². The molecule has 1 aromatic carbocycles. The minimum Gasteiger partial charge on any atom is -0.381 e. The fourth-order valence-corrected chi connectivity index (χ4v) is 2.69. The van der Waals surface area contributed by atoms with Gasteiger partial charge in [0.05, 0.1) is 6.61 Å². The first-order valence-electron chi connectivity index (χ1n) is 5.08. The number of ether oxygens (including phenoxy) is 1. The second kappa shape index (κ2) is 2.85. The maximum Gasteiger partial charge on any atom is 0.0503 e. The molecule has 1 heteroatoms. The molecule has 1 aliphatic heterocycles. The Morgan fingerprint density at radius 2 is 1.92 bits per heavy atom. The maximum atomic E-state index is 5.48. The van der Waals surface area contributed by atoms with Gasteiger partial charge in [0, 0.05) is 6.61 Å². The Balaban J connectivity index is 1.81. The fraction of sp³-hybridized carbons (Fsp3) is 0.500. The van der Waals surface area contributed by atoms with Gasteiger partial charge >= 0.3 is 0 Å². The number of fused-ring (bicyclic) bond motifs is 1. The van der Waals surface area contributed by atoms with Crippen molar-refractivity contribution in [3.8, 4) is 0 Å². The van der Waals surface area contributed by atoms with Gasteiger partial charge < -0.3 is 4.74 Å². The molecule has 13 heavy (non-hydrogen) atoms. The molecule has 0 spiro atoms. The van der Waals surface area contributed by atoms with E-state index in [0.29, 0.717) is 0 Å². The van der Waals surface area contributed by atoms with E-state index in [-0.39, 0.29) is 0 Å². The van der Waals surface area contributed by atoms with Crippen LogP contribution in [0.2, 0.25) is 0 Å². The lowest BCUT2D eigenvalue weighted by atomic mass is 9.64. The minimum absolute atomic E-state index is 0.786. The van der Waals surface area contributed by atoms with Crippen LogP contribution in [0.5, 0.6) is 0 Å². The summed E-state index contributed by atoms with van der Waals surface area (Å²) < 4.78 is 5.48. The summed E-state index contributed by atoms with van der Waals surface area (Å²) >= 11 is 0. The number of hydrogen-bond donors (Lipinski definition) is 0. The van der Waals surface area contributed by atoms with Crippen molar-refractivity contribution < 1.29 is 4.74 Å². The second-order valence-corrected chi connectivity index (χ2v) is 4.21. The van der Waals surface area contributed by atoms with Gasteiger partial charge in [0.15, 0.2) is 0 Å². The summed E-state index contributed by atoms with van der Waals surface area (Å²) in [6.45, 7) is 2.00. The SMILES string of the molecule is c1ccc([C@@H]2C[C@H]3COC[C@H]32)cc1. The molecule has 0 aromatic heterocycles. The van der Waals surface area contributed by atoms with Gasteiger partial charge in [-0.25, -0.2) is 0 Å². The summed E-state index contributed by atoms with van der Waals surface area (Å²) in [5.74, 6) is 2.47. The lowest BCUT2D eigenvalue weighted by Crippen LogP contribution is -2.33. The summed E-state index contributed by atoms with van der Waals surface area (Å²) in [5, 5.41) is 0. The summed E-state index contributed by atoms with van der Waals surface area (Å²) in [7, 11) is 0. The Kier molecular flexibility index (Phi) is 1.66. The largest absolute Gasteiger partial charge is 0.381 e. The topological polar surface area (TPSA) is 9.23 Å². The van der Waals surface area contributed by atoms with Crippen LogP contribution in [0.25, 0.3) is 0 Å². The predicted molar refractivity (Wildman–Crippen MR) is 51.6 cm³/mol. The molecule has 3 atom stereocenters. The zero-order chi connectivity index (χ0) is 8.67. The Morgan fingerprint density at radius 1 is 1.08 bits per heavy atom. The fourth-order valence-electron chi connectivity index (χ4n) is 2.69. The van der Waals surface area contributed by atoms with E-state index in [1.54, 1.807) is 0 Å². The quantitative estimate of drug-likeness (QED) is 0.635. The zero-order valence-electron chi connectivity index (χ0n) is 7.65. The standard InChI is InChI=1S/C12H14O/c1-2-4-9(5-3-1)11-6-10-7-13-8-12(10)11/h1-5,10-12H,6-8H2/t10-,11-,12+/m0/s1. The molecule has 1 aliphatic carbocycles. The van der Waals surface area contributed by atoms with Crippen molar-refractivity contribution in [2.24, 2.45) is 11.8 Å². The smallest absolute Gasteiger partial charge is 0.0503 e. The zero-order valence-corrected chi connectivity index (χ0v) is 7.65. The Bertz CT molecular complexity index is 293. The normalized spacial score (nSPS) is 36.8. The van der Waals surface area contributed by atoms with Crippen molar-refractivity contribution >= 4 is 0 Å². The molecule has 1 saturated carbocycles. The van der Waals surface area contributed by atoms with Gasteiger partial charge in [-0.1, -0.05) is 30.3 Å². The van der Waals surface area contributed by atoms with Crippen LogP contribution >= 0.6 is 0 Å². The van der Waals surface area contributed by atoms with Crippen molar-refractivity contribution in [2.75, 3.05) is 13.2 Å². The molecule has 1 saturated heterocycles. The Morgan fingerprint density at radius 3 is 2.69 bits per heavy atom. The van der Waals surface area contributed by atoms with Crippen LogP contribution < -0.4 is 0 Å². The van der Waals surface area contributed by atoms with E-state index < -0.39 is 0 Å². The highest BCUT2D eigenvalue weighted by Crippen LogP contribution is 2.50. The van der Waals surface area contributed by atoms with Crippen LogP contribution in [0.3, 0.4) is 0 Å². The van der Waals surface area contributed by atoms with E-state index in [4.69, 9.17) is 4.74 Å². The molecule has 2 fully saturated rings. The molecule has 0 N–H and O–H groups in total. The monoisotopic (exact) mass is 174 g/mol. The lowest BCUT2D eigenvalue weighted by molar-refractivity contribution is 0.184. The van der Waals surface area contributed by atoms with E-state index >= 15 is 0 Å². The third-order valence-electron chi connectivity index (χ3n) is 3.55. The summed E-state index contributed by atoms with van der Waals surface area (Å²) in [5.41, 5.74) is 1.51. The van der Waals surface area contributed by atoms with Gasteiger partial charge in [-0.2, -0.15) is 0 Å². The first kappa shape index (κ1) is 7.57. The van der Waals surface area contributed by atoms with Crippen LogP contribution in [-0.2, 0) is 4.74 Å². The molecule has 68 valence electrons. The third-order valence-corrected chi connectivity index (χ3v) is 3.55. The van der Waals surface area contributed by atoms with Crippen LogP contribution in [-0.4, -0.2) is 13.2 Å². The highest BCUT2D eigenvalue weighted by Gasteiger charge is 2.45. The van der Waals surface area contributed by atoms with Crippen LogP contribution in [0.4, 0.5) is 0 Å². The predicted octanol–water partition coefficient (Wildman–Crippen LogP) is 2.44. The molecule has 1 heterocycles. The molecule has 2 aliphatic rings. The van der Waals surface area contributed by atoms with Crippen LogP contribution in [0.1, 0.15) is 17.9 Å². The van der Waals surface area contributed by atoms with Crippen molar-refractivity contribution in [1.29, 1.82) is 0 Å². The Hall–Kier alpha value is -0.820. The van der Waals surface area contributed by atoms with Crippen molar-refractivity contribution in [3.63, 3.8) is 0 Å². The Labute approximate surface area is 78.7 Å². The van der Waals surface area contributed by atoms with Crippen molar-refractivity contribution in [1.82, 2.24) is 0 Å². The lowest BCUT2D eigenvalue weighted by Gasteiger charge is -2.39. The maximum absolute atomic E-state index is 5.48. The summed E-state index contributed by atoms with van der Waals surface area (Å²) in [6, 6.07) is 10.9. The molecule has 0 radical (unpaired) electrons. The average molecular weight is 174 g/mol. The van der Waals surface area contributed by atoms with E-state index in [1.165, 1.54) is 12.0 Å². The van der Waals surface area contributed by atoms with E-state index in [1.807, 2.05) is 0 Å². The first-order chi connectivity index (χ1) is 6.45. The number of hydrogen-bond acceptors (Lipinski definition) is 1. The third kappa shape index (κ3) is 1.11. The van der Waals surface area contributed by atoms with E-state index in [0.717, 1.165) is 31.0 Å². The molecule has 1 aromatic rings. The molecular formula is C12H14O. The van der Waals surface area contributed by atoms with Gasteiger partial charge in [-0.3, -0.25) is 0 Å². The van der Waals surface area contributed by atoms with Crippen LogP contribution in [0, 0.1) is 11.8 Å². The summed E-state index contributed by atoms with van der Waals surface area (Å²) in [6.07, 6.45) is 1.34. The average Bonchev–Trinajstić information content (AvgIpc) is 2.50. The highest BCUT2D eigenvalue weighted by molar-refractivity contribution is 5.24. The van der Waals surface area contributed by atoms with Gasteiger partial charge in [-0.05, 0) is 29.7 Å². The molecular weight excluding hydrogens is 160 g/mol. The van der Waals surface area contributed by atoms with E-state index in [9.17, 15) is 0 Å². The molecule has 3 rings (SSSR count). The van der Waals surface area contributed by atoms with Crippen LogP contribution in [0.15, 0.2) is 30.3 Å². The van der Waals surface area contributed by atoms with Gasteiger partial charge in [0.1, 0.15) is 0 Å². The molecule has 0 bridgehead atoms. The summed E-state index contributed by atoms with van der Waals surface area (Å²) in [4.78, 5) is 0. The number of benzene rings is 1. The first-order valence-corrected chi connectivity index (χ1v) is 5.08. The highest BCUT2D eigenvalue weighted by atomic mass is 16.5. The number of rotatable bonds is 1. The van der Waals surface area contributed by atoms with E-state index in [2.05, 4.69) is 30.3 Å². The molecule has 0 unspecified atom stereocenters. The minimum atomic E-state index is 0.786. The molecule has 1 nitrogen and oxygen atoms in total. The second-order valence-electron chi connectivity index (χ2n) is 4.21. The van der Waals surface area contributed by atoms with Gasteiger partial charge in [0.2, 0.25) is 0 Å². The van der Waals surface area contributed by atoms with Gasteiger partial charge in [-0.15, -0.1) is 0 Å². The molecule has 0 amide bonds. The van der Waals surface area contributed by atoms with Crippen molar-refractivity contribution in [3.05, 3.63) is 35.9 Å². The van der Waals surface area contributed by atoms with Crippen molar-refractivity contribution in [2.45, 2.75) is 12.3 Å².